The first-order valence-electron chi connectivity index (χ1n) is 7.84. The van der Waals surface area contributed by atoms with Crippen LogP contribution in [0.15, 0.2) is 18.2 Å². The highest BCUT2D eigenvalue weighted by Crippen LogP contribution is 2.26. The van der Waals surface area contributed by atoms with Gasteiger partial charge >= 0.3 is 0 Å². The number of hydrogen-bond acceptors (Lipinski definition) is 3. The Balaban J connectivity index is 1.79. The van der Waals surface area contributed by atoms with Crippen LogP contribution < -0.4 is 0 Å². The molecule has 0 aliphatic heterocycles. The molecule has 3 rings (SSSR count). The summed E-state index contributed by atoms with van der Waals surface area (Å²) in [7, 11) is 3.78. The summed E-state index contributed by atoms with van der Waals surface area (Å²) < 4.78 is 2.02. The van der Waals surface area contributed by atoms with Crippen LogP contribution in [0.1, 0.15) is 35.4 Å². The van der Waals surface area contributed by atoms with E-state index >= 15 is 0 Å². The summed E-state index contributed by atoms with van der Waals surface area (Å²) in [5, 5.41) is 9.91. The first-order chi connectivity index (χ1) is 10.5. The Morgan fingerprint density at radius 2 is 2.23 bits per heavy atom. The van der Waals surface area contributed by atoms with E-state index in [0.717, 1.165) is 36.1 Å². The van der Waals surface area contributed by atoms with E-state index in [2.05, 4.69) is 4.98 Å². The van der Waals surface area contributed by atoms with Gasteiger partial charge in [-0.2, -0.15) is 0 Å². The number of carbonyl (C=O) groups is 1. The van der Waals surface area contributed by atoms with Gasteiger partial charge < -0.3 is 14.6 Å². The fourth-order valence-corrected chi connectivity index (χ4v) is 3.34. The van der Waals surface area contributed by atoms with Crippen LogP contribution in [0.2, 0.25) is 0 Å². The summed E-state index contributed by atoms with van der Waals surface area (Å²) in [5.74, 6) is 1.13. The quantitative estimate of drug-likeness (QED) is 0.944. The third kappa shape index (κ3) is 2.61. The average Bonchev–Trinajstić information content (AvgIpc) is 3.02. The standard InChI is InChI=1S/C17H23N3O2/c1-11-18-14-9-12(7-8-15(14)20(11)3)17(22)19(2)10-13-5-4-6-16(13)21/h7-9,13,16,21H,4-6,10H2,1-3H3. The maximum atomic E-state index is 12.6. The van der Waals surface area contributed by atoms with Crippen molar-refractivity contribution in [2.24, 2.45) is 13.0 Å². The Kier molecular flexibility index (Phi) is 3.91. The van der Waals surface area contributed by atoms with Gasteiger partial charge in [-0.3, -0.25) is 4.79 Å². The lowest BCUT2D eigenvalue weighted by Crippen LogP contribution is -2.34. The lowest BCUT2D eigenvalue weighted by Gasteiger charge is -2.23. The molecule has 5 nitrogen and oxygen atoms in total. The number of aliphatic hydroxyl groups excluding tert-OH is 1. The van der Waals surface area contributed by atoms with E-state index in [0.29, 0.717) is 12.1 Å². The number of benzene rings is 1. The molecule has 2 aromatic rings. The molecule has 1 saturated carbocycles. The van der Waals surface area contributed by atoms with Gasteiger partial charge in [0.05, 0.1) is 17.1 Å². The van der Waals surface area contributed by atoms with Crippen LogP contribution in [0.4, 0.5) is 0 Å². The van der Waals surface area contributed by atoms with Crippen LogP contribution in [0.25, 0.3) is 11.0 Å². The van der Waals surface area contributed by atoms with Gasteiger partial charge in [-0.15, -0.1) is 0 Å². The van der Waals surface area contributed by atoms with Crippen molar-refractivity contribution in [2.75, 3.05) is 13.6 Å². The minimum absolute atomic E-state index is 0.00990. The molecule has 1 aliphatic carbocycles. The number of carbonyl (C=O) groups excluding carboxylic acids is 1. The van der Waals surface area contributed by atoms with Crippen LogP contribution in [-0.4, -0.2) is 45.2 Å². The molecule has 0 spiro atoms. The molecular formula is C17H23N3O2. The number of rotatable bonds is 3. The molecule has 5 heteroatoms. The minimum atomic E-state index is -0.267. The van der Waals surface area contributed by atoms with E-state index in [-0.39, 0.29) is 17.9 Å². The highest BCUT2D eigenvalue weighted by molar-refractivity contribution is 5.97. The molecule has 1 amide bonds. The Hall–Kier alpha value is -1.88. The summed E-state index contributed by atoms with van der Waals surface area (Å²) in [6.45, 7) is 2.56. The molecular weight excluding hydrogens is 278 g/mol. The zero-order valence-electron chi connectivity index (χ0n) is 13.4. The fraction of sp³-hybridized carbons (Fsp3) is 0.529. The number of aryl methyl sites for hydroxylation is 2. The molecule has 0 bridgehead atoms. The molecule has 118 valence electrons. The molecule has 1 N–H and O–H groups in total. The van der Waals surface area contributed by atoms with Gasteiger partial charge in [0.1, 0.15) is 5.82 Å². The lowest BCUT2D eigenvalue weighted by molar-refractivity contribution is 0.0693. The van der Waals surface area contributed by atoms with Crippen molar-refractivity contribution in [2.45, 2.75) is 32.3 Å². The zero-order chi connectivity index (χ0) is 15.9. The van der Waals surface area contributed by atoms with Crippen molar-refractivity contribution < 1.29 is 9.90 Å². The summed E-state index contributed by atoms with van der Waals surface area (Å²) in [5.41, 5.74) is 2.53. The number of hydrogen-bond donors (Lipinski definition) is 1. The number of fused-ring (bicyclic) bond motifs is 1. The van der Waals surface area contributed by atoms with E-state index in [4.69, 9.17) is 0 Å². The second-order valence-corrected chi connectivity index (χ2v) is 6.37. The van der Waals surface area contributed by atoms with Crippen LogP contribution in [0.5, 0.6) is 0 Å². The number of nitrogens with zero attached hydrogens (tertiary/aromatic N) is 3. The largest absolute Gasteiger partial charge is 0.393 e. The van der Waals surface area contributed by atoms with Crippen molar-refractivity contribution in [3.05, 3.63) is 29.6 Å². The number of amides is 1. The van der Waals surface area contributed by atoms with Crippen molar-refractivity contribution in [1.29, 1.82) is 0 Å². The summed E-state index contributed by atoms with van der Waals surface area (Å²) in [6, 6.07) is 5.65. The van der Waals surface area contributed by atoms with Crippen LogP contribution in [0.3, 0.4) is 0 Å². The van der Waals surface area contributed by atoms with Crippen LogP contribution >= 0.6 is 0 Å². The Morgan fingerprint density at radius 1 is 1.45 bits per heavy atom. The lowest BCUT2D eigenvalue weighted by atomic mass is 10.1. The molecule has 1 aliphatic rings. The second kappa shape index (κ2) is 5.72. The van der Waals surface area contributed by atoms with Crippen LogP contribution in [-0.2, 0) is 7.05 Å². The smallest absolute Gasteiger partial charge is 0.253 e. The maximum absolute atomic E-state index is 12.6. The fourth-order valence-electron chi connectivity index (χ4n) is 3.34. The van der Waals surface area contributed by atoms with Crippen molar-refractivity contribution in [3.8, 4) is 0 Å². The molecule has 1 aromatic heterocycles. The first-order valence-corrected chi connectivity index (χ1v) is 7.84. The SMILES string of the molecule is Cc1nc2cc(C(=O)N(C)CC3CCCC3O)ccc2n1C. The van der Waals surface area contributed by atoms with Gasteiger partial charge in [-0.05, 0) is 38.0 Å². The molecule has 2 atom stereocenters. The van der Waals surface area contributed by atoms with Gasteiger partial charge in [-0.25, -0.2) is 4.98 Å². The highest BCUT2D eigenvalue weighted by Gasteiger charge is 2.27. The normalized spacial score (nSPS) is 21.5. The molecule has 1 fully saturated rings. The van der Waals surface area contributed by atoms with Crippen molar-refractivity contribution >= 4 is 16.9 Å². The highest BCUT2D eigenvalue weighted by atomic mass is 16.3. The Labute approximate surface area is 130 Å². The first kappa shape index (κ1) is 15.0. The minimum Gasteiger partial charge on any atom is -0.393 e. The summed E-state index contributed by atoms with van der Waals surface area (Å²) >= 11 is 0. The molecule has 1 aromatic carbocycles. The number of aliphatic hydroxyl groups is 1. The van der Waals surface area contributed by atoms with Gasteiger partial charge in [0, 0.05) is 32.1 Å². The Morgan fingerprint density at radius 3 is 2.91 bits per heavy atom. The topological polar surface area (TPSA) is 58.4 Å². The molecule has 1 heterocycles. The average molecular weight is 301 g/mol. The van der Waals surface area contributed by atoms with Gasteiger partial charge in [-0.1, -0.05) is 6.42 Å². The predicted molar refractivity (Wildman–Crippen MR) is 85.8 cm³/mol. The second-order valence-electron chi connectivity index (χ2n) is 6.37. The molecule has 0 radical (unpaired) electrons. The molecule has 2 unspecified atom stereocenters. The van der Waals surface area contributed by atoms with Crippen LogP contribution in [0, 0.1) is 12.8 Å². The van der Waals surface area contributed by atoms with E-state index in [9.17, 15) is 9.90 Å². The zero-order valence-corrected chi connectivity index (χ0v) is 13.4. The van der Waals surface area contributed by atoms with E-state index in [1.807, 2.05) is 36.7 Å². The summed E-state index contributed by atoms with van der Waals surface area (Å²) in [4.78, 5) is 18.8. The van der Waals surface area contributed by atoms with E-state index < -0.39 is 0 Å². The van der Waals surface area contributed by atoms with Gasteiger partial charge in [0.15, 0.2) is 0 Å². The van der Waals surface area contributed by atoms with E-state index in [1.54, 1.807) is 11.9 Å². The Bertz CT molecular complexity index is 707. The summed E-state index contributed by atoms with van der Waals surface area (Å²) in [6.07, 6.45) is 2.63. The number of imidazole rings is 1. The third-order valence-corrected chi connectivity index (χ3v) is 4.83. The maximum Gasteiger partial charge on any atom is 0.253 e. The van der Waals surface area contributed by atoms with Gasteiger partial charge in [0.25, 0.3) is 5.91 Å². The third-order valence-electron chi connectivity index (χ3n) is 4.83. The monoisotopic (exact) mass is 301 g/mol. The number of aromatic nitrogens is 2. The van der Waals surface area contributed by atoms with E-state index in [1.165, 1.54) is 0 Å². The van der Waals surface area contributed by atoms with Crippen molar-refractivity contribution in [3.63, 3.8) is 0 Å². The van der Waals surface area contributed by atoms with Crippen molar-refractivity contribution in [1.82, 2.24) is 14.5 Å². The molecule has 22 heavy (non-hydrogen) atoms. The predicted octanol–water partition coefficient (Wildman–Crippen LogP) is 2.11. The molecule has 0 saturated heterocycles. The van der Waals surface area contributed by atoms with Gasteiger partial charge in [0.2, 0.25) is 0 Å².